The Bertz CT molecular complexity index is 736. The largest absolute Gasteiger partial charge is 0.394 e. The van der Waals surface area contributed by atoms with Gasteiger partial charge >= 0.3 is 6.03 Å². The second kappa shape index (κ2) is 7.44. The minimum absolute atomic E-state index is 0.0303. The summed E-state index contributed by atoms with van der Waals surface area (Å²) in [4.78, 5) is 19.1. The van der Waals surface area contributed by atoms with Gasteiger partial charge in [0.15, 0.2) is 0 Å². The van der Waals surface area contributed by atoms with Gasteiger partial charge in [-0.05, 0) is 38.3 Å². The molecule has 1 atom stereocenters. The lowest BCUT2D eigenvalue weighted by molar-refractivity contribution is 0.0811. The van der Waals surface area contributed by atoms with Crippen LogP contribution in [0.4, 0.5) is 4.79 Å². The maximum Gasteiger partial charge on any atom is 0.317 e. The highest BCUT2D eigenvalue weighted by molar-refractivity contribution is 5.76. The number of rotatable bonds is 6. The molecule has 1 saturated heterocycles. The molecule has 6 heteroatoms. The van der Waals surface area contributed by atoms with E-state index in [0.717, 1.165) is 42.7 Å². The van der Waals surface area contributed by atoms with Crippen LogP contribution in [0, 0.1) is 0 Å². The number of aryl methyl sites for hydroxylation is 1. The van der Waals surface area contributed by atoms with Crippen LogP contribution in [0.1, 0.15) is 38.9 Å². The highest BCUT2D eigenvalue weighted by Crippen LogP contribution is 2.31. The van der Waals surface area contributed by atoms with Crippen LogP contribution < -0.4 is 5.32 Å². The van der Waals surface area contributed by atoms with Crippen molar-refractivity contribution in [1.82, 2.24) is 19.8 Å². The van der Waals surface area contributed by atoms with Gasteiger partial charge in [0.05, 0.1) is 23.2 Å². The number of para-hydroxylation sites is 2. The average molecular weight is 344 g/mol. The SMILES string of the molecule is CCn1c(CCNC(=O)N2CCCC2(CC)CO)nc2ccccc21. The van der Waals surface area contributed by atoms with Crippen LogP contribution in [0.25, 0.3) is 11.0 Å². The Morgan fingerprint density at radius 3 is 2.88 bits per heavy atom. The van der Waals surface area contributed by atoms with Gasteiger partial charge in [-0.2, -0.15) is 0 Å². The summed E-state index contributed by atoms with van der Waals surface area (Å²) in [7, 11) is 0. The number of likely N-dealkylation sites (tertiary alicyclic amines) is 1. The quantitative estimate of drug-likeness (QED) is 0.846. The van der Waals surface area contributed by atoms with E-state index in [2.05, 4.69) is 22.9 Å². The smallest absolute Gasteiger partial charge is 0.317 e. The number of carbonyl (C=O) groups excluding carboxylic acids is 1. The van der Waals surface area contributed by atoms with Gasteiger partial charge in [0.1, 0.15) is 5.82 Å². The van der Waals surface area contributed by atoms with Crippen molar-refractivity contribution in [3.63, 3.8) is 0 Å². The fraction of sp³-hybridized carbons (Fsp3) is 0.579. The van der Waals surface area contributed by atoms with Gasteiger partial charge in [0.25, 0.3) is 0 Å². The second-order valence-electron chi connectivity index (χ2n) is 6.73. The molecule has 2 N–H and O–H groups in total. The first-order chi connectivity index (χ1) is 12.1. The first kappa shape index (κ1) is 17.7. The van der Waals surface area contributed by atoms with E-state index >= 15 is 0 Å². The van der Waals surface area contributed by atoms with Gasteiger partial charge in [-0.3, -0.25) is 0 Å². The van der Waals surface area contributed by atoms with E-state index in [1.807, 2.05) is 30.0 Å². The summed E-state index contributed by atoms with van der Waals surface area (Å²) >= 11 is 0. The van der Waals surface area contributed by atoms with Crippen LogP contribution in [0.3, 0.4) is 0 Å². The lowest BCUT2D eigenvalue weighted by Crippen LogP contribution is -2.53. The fourth-order valence-corrected chi connectivity index (χ4v) is 3.94. The van der Waals surface area contributed by atoms with Crippen molar-refractivity contribution in [2.45, 2.75) is 51.6 Å². The van der Waals surface area contributed by atoms with Crippen molar-refractivity contribution in [2.75, 3.05) is 19.7 Å². The summed E-state index contributed by atoms with van der Waals surface area (Å²) in [5.41, 5.74) is 1.74. The van der Waals surface area contributed by atoms with Crippen molar-refractivity contribution in [2.24, 2.45) is 0 Å². The molecule has 0 aliphatic carbocycles. The Morgan fingerprint density at radius 1 is 1.36 bits per heavy atom. The average Bonchev–Trinajstić information content (AvgIpc) is 3.22. The summed E-state index contributed by atoms with van der Waals surface area (Å²) in [6, 6.07) is 8.04. The number of hydrogen-bond acceptors (Lipinski definition) is 3. The molecule has 0 bridgehead atoms. The van der Waals surface area contributed by atoms with E-state index in [1.165, 1.54) is 0 Å². The first-order valence-electron chi connectivity index (χ1n) is 9.25. The van der Waals surface area contributed by atoms with Gasteiger partial charge < -0.3 is 19.9 Å². The van der Waals surface area contributed by atoms with Crippen molar-refractivity contribution >= 4 is 17.1 Å². The predicted molar refractivity (Wildman–Crippen MR) is 98.6 cm³/mol. The number of hydrogen-bond donors (Lipinski definition) is 2. The van der Waals surface area contributed by atoms with E-state index in [1.54, 1.807) is 0 Å². The summed E-state index contributed by atoms with van der Waals surface area (Å²) in [6.07, 6.45) is 3.30. The Labute approximate surface area is 148 Å². The van der Waals surface area contributed by atoms with Gasteiger partial charge in [0.2, 0.25) is 0 Å². The molecule has 25 heavy (non-hydrogen) atoms. The number of urea groups is 1. The number of nitrogens with one attached hydrogen (secondary N) is 1. The summed E-state index contributed by atoms with van der Waals surface area (Å²) < 4.78 is 2.20. The standard InChI is InChI=1S/C19H28N4O2/c1-3-19(14-24)11-7-13-23(19)18(25)20-12-10-17-21-15-8-5-6-9-16(15)22(17)4-2/h5-6,8-9,24H,3-4,7,10-14H2,1-2H3,(H,20,25). The molecule has 0 saturated carbocycles. The van der Waals surface area contributed by atoms with Gasteiger partial charge in [0, 0.05) is 26.1 Å². The third kappa shape index (κ3) is 3.23. The normalized spacial score (nSPS) is 20.4. The molecule has 1 aliphatic heterocycles. The molecule has 1 aromatic heterocycles. The van der Waals surface area contributed by atoms with Crippen LogP contribution >= 0.6 is 0 Å². The van der Waals surface area contributed by atoms with Crippen molar-refractivity contribution in [1.29, 1.82) is 0 Å². The minimum atomic E-state index is -0.388. The zero-order chi connectivity index (χ0) is 17.9. The number of aromatic nitrogens is 2. The summed E-state index contributed by atoms with van der Waals surface area (Å²) in [6.45, 7) is 6.29. The Morgan fingerprint density at radius 2 is 2.16 bits per heavy atom. The van der Waals surface area contributed by atoms with Crippen LogP contribution in [-0.4, -0.2) is 50.8 Å². The maximum absolute atomic E-state index is 12.6. The lowest BCUT2D eigenvalue weighted by atomic mass is 9.94. The first-order valence-corrected chi connectivity index (χ1v) is 9.25. The minimum Gasteiger partial charge on any atom is -0.394 e. The zero-order valence-electron chi connectivity index (χ0n) is 15.2. The molecule has 136 valence electrons. The highest BCUT2D eigenvalue weighted by Gasteiger charge is 2.41. The molecule has 2 heterocycles. The maximum atomic E-state index is 12.6. The van der Waals surface area contributed by atoms with Gasteiger partial charge in [-0.1, -0.05) is 19.1 Å². The van der Waals surface area contributed by atoms with Gasteiger partial charge in [-0.15, -0.1) is 0 Å². The molecule has 0 spiro atoms. The van der Waals surface area contributed by atoms with E-state index < -0.39 is 0 Å². The predicted octanol–water partition coefficient (Wildman–Crippen LogP) is 2.55. The molecule has 3 rings (SSSR count). The van der Waals surface area contributed by atoms with Crippen molar-refractivity contribution in [3.05, 3.63) is 30.1 Å². The number of aliphatic hydroxyl groups excluding tert-OH is 1. The highest BCUT2D eigenvalue weighted by atomic mass is 16.3. The molecule has 2 amide bonds. The van der Waals surface area contributed by atoms with E-state index in [-0.39, 0.29) is 18.2 Å². The van der Waals surface area contributed by atoms with Crippen molar-refractivity contribution in [3.8, 4) is 0 Å². The van der Waals surface area contributed by atoms with Crippen LogP contribution in [0.5, 0.6) is 0 Å². The summed E-state index contributed by atoms with van der Waals surface area (Å²) in [5, 5.41) is 12.8. The topological polar surface area (TPSA) is 70.4 Å². The molecule has 1 aliphatic rings. The zero-order valence-corrected chi connectivity index (χ0v) is 15.2. The second-order valence-corrected chi connectivity index (χ2v) is 6.73. The Kier molecular flexibility index (Phi) is 5.27. The molecular weight excluding hydrogens is 316 g/mol. The molecule has 1 unspecified atom stereocenters. The molecule has 0 radical (unpaired) electrons. The fourth-order valence-electron chi connectivity index (χ4n) is 3.94. The van der Waals surface area contributed by atoms with E-state index in [4.69, 9.17) is 4.98 Å². The van der Waals surface area contributed by atoms with Crippen molar-refractivity contribution < 1.29 is 9.90 Å². The molecule has 1 fully saturated rings. The lowest BCUT2D eigenvalue weighted by Gasteiger charge is -2.36. The molecule has 1 aromatic carbocycles. The number of amides is 2. The number of carbonyl (C=O) groups is 1. The number of imidazole rings is 1. The Hall–Kier alpha value is -2.08. The number of nitrogens with zero attached hydrogens (tertiary/aromatic N) is 3. The van der Waals surface area contributed by atoms with Crippen LogP contribution in [-0.2, 0) is 13.0 Å². The number of fused-ring (bicyclic) bond motifs is 1. The number of benzene rings is 1. The van der Waals surface area contributed by atoms with Crippen LogP contribution in [0.2, 0.25) is 0 Å². The summed E-state index contributed by atoms with van der Waals surface area (Å²) in [5.74, 6) is 0.995. The van der Waals surface area contributed by atoms with E-state index in [0.29, 0.717) is 19.5 Å². The van der Waals surface area contributed by atoms with Gasteiger partial charge in [-0.25, -0.2) is 9.78 Å². The molecule has 2 aromatic rings. The van der Waals surface area contributed by atoms with Crippen LogP contribution in [0.15, 0.2) is 24.3 Å². The molecule has 6 nitrogen and oxygen atoms in total. The monoisotopic (exact) mass is 344 g/mol. The van der Waals surface area contributed by atoms with E-state index in [9.17, 15) is 9.90 Å². The third-order valence-corrected chi connectivity index (χ3v) is 5.47. The Balaban J connectivity index is 1.64. The number of aliphatic hydroxyl groups is 1. The third-order valence-electron chi connectivity index (χ3n) is 5.47. The molecular formula is C19H28N4O2.